The SMILES string of the molecule is Cl.FC(F)(F)c1cc(CON2C=CC=N[C@@H]2C(c2ccccc2)c2ccccc2)cc(C(F)(F)F)c1. The van der Waals surface area contributed by atoms with Crippen molar-refractivity contribution < 1.29 is 31.2 Å². The Bertz CT molecular complexity index is 1120. The third kappa shape index (κ3) is 6.47. The third-order valence-electron chi connectivity index (χ3n) is 5.46. The van der Waals surface area contributed by atoms with E-state index in [1.54, 1.807) is 18.5 Å². The van der Waals surface area contributed by atoms with E-state index in [1.165, 1.54) is 5.06 Å². The standard InChI is InChI=1S/C26H20F6N2O.ClH/c27-25(28,29)21-14-18(15-22(16-21)26(30,31)32)17-35-34-13-7-12-33-24(34)23(19-8-3-1-4-9-19)20-10-5-2-6-11-20;/h1-16,23-24H,17H2;1H/t24-;/m0./s1. The van der Waals surface area contributed by atoms with Gasteiger partial charge in [-0.2, -0.15) is 26.3 Å². The fourth-order valence-electron chi connectivity index (χ4n) is 3.88. The highest BCUT2D eigenvalue weighted by Crippen LogP contribution is 2.37. The number of rotatable bonds is 6. The minimum atomic E-state index is -4.93. The van der Waals surface area contributed by atoms with Crippen molar-refractivity contribution in [3.05, 3.63) is 119 Å². The van der Waals surface area contributed by atoms with Gasteiger partial charge in [0.25, 0.3) is 0 Å². The lowest BCUT2D eigenvalue weighted by Gasteiger charge is -2.34. The number of hydrogen-bond donors (Lipinski definition) is 0. The second-order valence-electron chi connectivity index (χ2n) is 7.90. The van der Waals surface area contributed by atoms with Crippen LogP contribution < -0.4 is 0 Å². The Balaban J connectivity index is 0.00000361. The molecule has 3 nitrogen and oxygen atoms in total. The number of hydrogen-bond acceptors (Lipinski definition) is 3. The third-order valence-corrected chi connectivity index (χ3v) is 5.46. The lowest BCUT2D eigenvalue weighted by atomic mass is 9.88. The first-order valence-electron chi connectivity index (χ1n) is 10.6. The topological polar surface area (TPSA) is 24.8 Å². The van der Waals surface area contributed by atoms with Gasteiger partial charge < -0.3 is 0 Å². The zero-order chi connectivity index (χ0) is 25.1. The van der Waals surface area contributed by atoms with Crippen molar-refractivity contribution in [2.24, 2.45) is 4.99 Å². The van der Waals surface area contributed by atoms with E-state index >= 15 is 0 Å². The molecule has 0 N–H and O–H groups in total. The first-order valence-corrected chi connectivity index (χ1v) is 10.6. The van der Waals surface area contributed by atoms with Crippen LogP contribution in [0.4, 0.5) is 26.3 Å². The summed E-state index contributed by atoms with van der Waals surface area (Å²) >= 11 is 0. The molecular weight excluding hydrogens is 506 g/mol. The molecule has 0 saturated carbocycles. The molecule has 0 aromatic heterocycles. The molecule has 0 unspecified atom stereocenters. The summed E-state index contributed by atoms with van der Waals surface area (Å²) in [7, 11) is 0. The van der Waals surface area contributed by atoms with Crippen molar-refractivity contribution >= 4 is 18.6 Å². The predicted octanol–water partition coefficient (Wildman–Crippen LogP) is 7.64. The Morgan fingerprint density at radius 2 is 1.28 bits per heavy atom. The van der Waals surface area contributed by atoms with Crippen molar-refractivity contribution in [3.63, 3.8) is 0 Å². The molecular formula is C26H21ClF6N2O. The molecule has 0 fully saturated rings. The Morgan fingerprint density at radius 3 is 1.75 bits per heavy atom. The maximum absolute atomic E-state index is 13.2. The van der Waals surface area contributed by atoms with Gasteiger partial charge in [0, 0.05) is 12.4 Å². The first-order chi connectivity index (χ1) is 16.6. The molecule has 1 aliphatic heterocycles. The number of benzene rings is 3. The van der Waals surface area contributed by atoms with Gasteiger partial charge in [-0.15, -0.1) is 12.4 Å². The van der Waals surface area contributed by atoms with Gasteiger partial charge in [0.2, 0.25) is 0 Å². The van der Waals surface area contributed by atoms with E-state index in [0.717, 1.165) is 11.1 Å². The van der Waals surface area contributed by atoms with Crippen LogP contribution in [0.25, 0.3) is 0 Å². The lowest BCUT2D eigenvalue weighted by Crippen LogP contribution is -2.36. The van der Waals surface area contributed by atoms with E-state index in [2.05, 4.69) is 4.99 Å². The Morgan fingerprint density at radius 1 is 0.778 bits per heavy atom. The van der Waals surface area contributed by atoms with Crippen LogP contribution in [0.15, 0.2) is 96.1 Å². The second kappa shape index (κ2) is 11.2. The smallest absolute Gasteiger partial charge is 0.267 e. The van der Waals surface area contributed by atoms with Crippen LogP contribution in [0, 0.1) is 0 Å². The monoisotopic (exact) mass is 526 g/mol. The molecule has 0 saturated heterocycles. The predicted molar refractivity (Wildman–Crippen MR) is 126 cm³/mol. The van der Waals surface area contributed by atoms with Crippen LogP contribution in [0.3, 0.4) is 0 Å². The van der Waals surface area contributed by atoms with Crippen molar-refractivity contribution in [1.82, 2.24) is 5.06 Å². The van der Waals surface area contributed by atoms with Crippen molar-refractivity contribution in [2.45, 2.75) is 31.0 Å². The van der Waals surface area contributed by atoms with Gasteiger partial charge >= 0.3 is 12.4 Å². The van der Waals surface area contributed by atoms with Gasteiger partial charge in [-0.1, -0.05) is 60.7 Å². The summed E-state index contributed by atoms with van der Waals surface area (Å²) in [5, 5.41) is 1.36. The molecule has 1 heterocycles. The van der Waals surface area contributed by atoms with Crippen molar-refractivity contribution in [1.29, 1.82) is 0 Å². The largest absolute Gasteiger partial charge is 0.416 e. The van der Waals surface area contributed by atoms with Crippen LogP contribution >= 0.6 is 12.4 Å². The average Bonchev–Trinajstić information content (AvgIpc) is 2.84. The van der Waals surface area contributed by atoms with Gasteiger partial charge in [-0.25, -0.2) is 5.06 Å². The molecule has 0 bridgehead atoms. The number of alkyl halides is 6. The number of hydroxylamine groups is 2. The number of allylic oxidation sites excluding steroid dienone is 1. The van der Waals surface area contributed by atoms with E-state index in [4.69, 9.17) is 4.84 Å². The van der Waals surface area contributed by atoms with E-state index < -0.39 is 36.3 Å². The van der Waals surface area contributed by atoms with E-state index in [-0.39, 0.29) is 30.0 Å². The Hall–Kier alpha value is -3.30. The fourth-order valence-corrected chi connectivity index (χ4v) is 3.88. The van der Waals surface area contributed by atoms with Crippen LogP contribution in [-0.2, 0) is 23.8 Å². The summed E-state index contributed by atoms with van der Waals surface area (Å²) < 4.78 is 79.4. The van der Waals surface area contributed by atoms with E-state index in [1.807, 2.05) is 60.7 Å². The van der Waals surface area contributed by atoms with E-state index in [0.29, 0.717) is 12.1 Å². The summed E-state index contributed by atoms with van der Waals surface area (Å²) in [6, 6.07) is 20.3. The molecule has 1 aliphatic rings. The Kier molecular flexibility index (Phi) is 8.47. The van der Waals surface area contributed by atoms with Gasteiger partial charge in [0.15, 0.2) is 6.17 Å². The minimum Gasteiger partial charge on any atom is -0.267 e. The molecule has 0 amide bonds. The van der Waals surface area contributed by atoms with Crippen LogP contribution in [0.5, 0.6) is 0 Å². The molecule has 3 aromatic carbocycles. The maximum Gasteiger partial charge on any atom is 0.416 e. The highest BCUT2D eigenvalue weighted by Gasteiger charge is 2.37. The first kappa shape index (κ1) is 27.3. The quantitative estimate of drug-likeness (QED) is 0.308. The summed E-state index contributed by atoms with van der Waals surface area (Å²) in [5.41, 5.74) is -1.20. The number of aliphatic imine (C=N–C) groups is 1. The number of halogens is 7. The summed E-state index contributed by atoms with van der Waals surface area (Å²) in [4.78, 5) is 10.3. The van der Waals surface area contributed by atoms with Crippen molar-refractivity contribution in [2.75, 3.05) is 0 Å². The van der Waals surface area contributed by atoms with Crippen LogP contribution in [0.2, 0.25) is 0 Å². The summed E-state index contributed by atoms with van der Waals surface area (Å²) in [6.45, 7) is -0.514. The molecule has 4 rings (SSSR count). The van der Waals surface area contributed by atoms with Gasteiger partial charge in [-0.3, -0.25) is 9.83 Å². The zero-order valence-corrected chi connectivity index (χ0v) is 19.4. The molecule has 0 radical (unpaired) electrons. The molecule has 10 heteroatoms. The summed E-state index contributed by atoms with van der Waals surface area (Å²) in [6.07, 6.45) is -5.79. The lowest BCUT2D eigenvalue weighted by molar-refractivity contribution is -0.162. The minimum absolute atomic E-state index is 0. The Labute approximate surface area is 210 Å². The van der Waals surface area contributed by atoms with Crippen molar-refractivity contribution in [3.8, 4) is 0 Å². The molecule has 0 aliphatic carbocycles. The molecule has 0 spiro atoms. The molecule has 3 aromatic rings. The average molecular weight is 527 g/mol. The fraction of sp³-hybridized carbons (Fsp3) is 0.192. The highest BCUT2D eigenvalue weighted by atomic mass is 35.5. The second-order valence-corrected chi connectivity index (χ2v) is 7.90. The van der Waals surface area contributed by atoms with Gasteiger partial charge in [0.1, 0.15) is 6.61 Å². The normalized spacial score (nSPS) is 15.8. The zero-order valence-electron chi connectivity index (χ0n) is 18.6. The molecule has 1 atom stereocenters. The van der Waals surface area contributed by atoms with Gasteiger partial charge in [0.05, 0.1) is 17.0 Å². The van der Waals surface area contributed by atoms with Crippen LogP contribution in [-0.4, -0.2) is 17.4 Å². The van der Waals surface area contributed by atoms with E-state index in [9.17, 15) is 26.3 Å². The highest BCUT2D eigenvalue weighted by molar-refractivity contribution is 5.85. The van der Waals surface area contributed by atoms with Crippen LogP contribution in [0.1, 0.15) is 33.7 Å². The molecule has 190 valence electrons. The molecule has 36 heavy (non-hydrogen) atoms. The van der Waals surface area contributed by atoms with Gasteiger partial charge in [-0.05, 0) is 41.0 Å². The number of nitrogens with zero attached hydrogens (tertiary/aromatic N) is 2. The maximum atomic E-state index is 13.2. The summed E-state index contributed by atoms with van der Waals surface area (Å²) in [5.74, 6) is -0.314.